The number of ether oxygens (including phenoxy) is 2. The Morgan fingerprint density at radius 3 is 2.50 bits per heavy atom. The summed E-state index contributed by atoms with van der Waals surface area (Å²) >= 11 is 6.18. The number of aromatic nitrogens is 3. The van der Waals surface area contributed by atoms with Crippen LogP contribution >= 0.6 is 11.6 Å². The topological polar surface area (TPSA) is 130 Å². The minimum atomic E-state index is -1.64. The molecule has 2 aliphatic rings. The van der Waals surface area contributed by atoms with Crippen molar-refractivity contribution in [1.29, 1.82) is 0 Å². The Morgan fingerprint density at radius 1 is 1.20 bits per heavy atom. The molecule has 214 valence electrons. The summed E-state index contributed by atoms with van der Waals surface area (Å²) in [5, 5.41) is 39.7. The van der Waals surface area contributed by atoms with Gasteiger partial charge in [-0.15, -0.1) is 5.10 Å². The molecule has 1 saturated heterocycles. The summed E-state index contributed by atoms with van der Waals surface area (Å²) in [5.41, 5.74) is 0.245. The van der Waals surface area contributed by atoms with Gasteiger partial charge in [0.2, 0.25) is 0 Å². The van der Waals surface area contributed by atoms with Crippen LogP contribution in [0.3, 0.4) is 0 Å². The van der Waals surface area contributed by atoms with Gasteiger partial charge in [0.15, 0.2) is 23.6 Å². The lowest BCUT2D eigenvalue weighted by molar-refractivity contribution is -0.211. The largest absolute Gasteiger partial charge is 0.394 e. The second-order valence-electron chi connectivity index (χ2n) is 9.70. The van der Waals surface area contributed by atoms with Crippen molar-refractivity contribution >= 4 is 23.2 Å². The van der Waals surface area contributed by atoms with E-state index in [2.05, 4.69) is 10.3 Å². The van der Waals surface area contributed by atoms with Crippen molar-refractivity contribution < 1.29 is 42.8 Å². The van der Waals surface area contributed by atoms with E-state index in [9.17, 15) is 33.3 Å². The highest BCUT2D eigenvalue weighted by Crippen LogP contribution is 2.37. The monoisotopic (exact) mass is 582 g/mol. The predicted octanol–water partition coefficient (Wildman–Crippen LogP) is 2.25. The molecule has 40 heavy (non-hydrogen) atoms. The maximum Gasteiger partial charge on any atom is 0.259 e. The van der Waals surface area contributed by atoms with Gasteiger partial charge in [0.25, 0.3) is 5.91 Å². The molecule has 5 rings (SSSR count). The normalized spacial score (nSPS) is 28.2. The Hall–Kier alpha value is -3.07. The molecule has 0 radical (unpaired) electrons. The van der Waals surface area contributed by atoms with Crippen molar-refractivity contribution in [2.75, 3.05) is 18.6 Å². The number of halogens is 4. The average molecular weight is 583 g/mol. The molecule has 1 saturated carbocycles. The third-order valence-electron chi connectivity index (χ3n) is 7.34. The fraction of sp³-hybridized carbons (Fsp3) is 0.423. The Balaban J connectivity index is 1.52. The van der Waals surface area contributed by atoms with Crippen LogP contribution in [0.5, 0.6) is 0 Å². The summed E-state index contributed by atoms with van der Waals surface area (Å²) in [7, 11) is 1.29. The third kappa shape index (κ3) is 5.08. The van der Waals surface area contributed by atoms with Crippen molar-refractivity contribution in [3.63, 3.8) is 0 Å². The van der Waals surface area contributed by atoms with E-state index >= 15 is 0 Å². The molecule has 0 bridgehead atoms. The van der Waals surface area contributed by atoms with Crippen LogP contribution < -0.4 is 4.90 Å². The van der Waals surface area contributed by atoms with E-state index in [1.165, 1.54) is 18.2 Å². The summed E-state index contributed by atoms with van der Waals surface area (Å²) in [6.07, 6.45) is -3.85. The Kier molecular flexibility index (Phi) is 8.13. The molecule has 2 heterocycles. The van der Waals surface area contributed by atoms with E-state index in [1.807, 2.05) is 0 Å². The molecule has 3 N–H and O–H groups in total. The molecule has 3 aromatic rings. The summed E-state index contributed by atoms with van der Waals surface area (Å²) in [6.45, 7) is -0.670. The van der Waals surface area contributed by atoms with Crippen LogP contribution in [-0.2, 0) is 14.3 Å². The fourth-order valence-electron chi connectivity index (χ4n) is 5.13. The Bertz CT molecular complexity index is 1370. The maximum atomic E-state index is 14.1. The van der Waals surface area contributed by atoms with Gasteiger partial charge in [0.05, 0.1) is 24.9 Å². The molecule has 0 unspecified atom stereocenters. The lowest BCUT2D eigenvalue weighted by Gasteiger charge is -2.47. The first-order chi connectivity index (χ1) is 19.1. The molecule has 1 amide bonds. The second-order valence-corrected chi connectivity index (χ2v) is 10.1. The molecule has 7 atom stereocenters. The highest BCUT2D eigenvalue weighted by molar-refractivity contribution is 6.31. The number of amides is 1. The number of anilines is 1. The molecule has 10 nitrogen and oxygen atoms in total. The molecule has 2 aromatic carbocycles. The van der Waals surface area contributed by atoms with Gasteiger partial charge in [-0.2, -0.15) is 0 Å². The highest BCUT2D eigenvalue weighted by Gasteiger charge is 2.52. The van der Waals surface area contributed by atoms with Crippen LogP contribution in [0.1, 0.15) is 18.9 Å². The molecule has 1 aromatic heterocycles. The van der Waals surface area contributed by atoms with Gasteiger partial charge in [-0.1, -0.05) is 22.9 Å². The van der Waals surface area contributed by atoms with Gasteiger partial charge in [-0.25, -0.2) is 17.9 Å². The summed E-state index contributed by atoms with van der Waals surface area (Å²) in [5.74, 6) is -5.09. The SMILES string of the molecule is CO[C@@H]1[C@@H](n2cc(-c3cc(F)c(F)c(F)c3)nn2)[C@@H](O)[C@@H](CO)O[C@H]1C(=O)N(c1cccc(Cl)c1)[C@@H]1CC[C@H]1O. The lowest BCUT2D eigenvalue weighted by Crippen LogP contribution is -2.64. The minimum absolute atomic E-state index is 0.0482. The van der Waals surface area contributed by atoms with Gasteiger partial charge in [0.1, 0.15) is 30.0 Å². The number of aliphatic hydroxyl groups excluding tert-OH is 3. The summed E-state index contributed by atoms with van der Waals surface area (Å²) < 4.78 is 53.7. The van der Waals surface area contributed by atoms with Crippen LogP contribution in [0, 0.1) is 17.5 Å². The number of carbonyl (C=O) groups excluding carboxylic acids is 1. The van der Waals surface area contributed by atoms with Crippen LogP contribution in [0.15, 0.2) is 42.6 Å². The smallest absolute Gasteiger partial charge is 0.259 e. The van der Waals surface area contributed by atoms with E-state index in [0.29, 0.717) is 23.6 Å². The van der Waals surface area contributed by atoms with Gasteiger partial charge in [0, 0.05) is 23.4 Å². The van der Waals surface area contributed by atoms with Gasteiger partial charge >= 0.3 is 0 Å². The number of carbonyl (C=O) groups is 1. The first-order valence-corrected chi connectivity index (χ1v) is 12.8. The summed E-state index contributed by atoms with van der Waals surface area (Å²) in [4.78, 5) is 15.4. The zero-order valence-corrected chi connectivity index (χ0v) is 21.8. The van der Waals surface area contributed by atoms with E-state index in [1.54, 1.807) is 24.3 Å². The van der Waals surface area contributed by atoms with Gasteiger partial charge in [-0.05, 0) is 43.2 Å². The van der Waals surface area contributed by atoms with Crippen LogP contribution in [0.25, 0.3) is 11.3 Å². The first-order valence-electron chi connectivity index (χ1n) is 12.4. The Morgan fingerprint density at radius 2 is 1.93 bits per heavy atom. The molecule has 1 aliphatic carbocycles. The van der Waals surface area contributed by atoms with E-state index in [-0.39, 0.29) is 11.3 Å². The van der Waals surface area contributed by atoms with Gasteiger partial charge < -0.3 is 29.7 Å². The number of nitrogens with zero attached hydrogens (tertiary/aromatic N) is 4. The van der Waals surface area contributed by atoms with E-state index in [0.717, 1.165) is 16.8 Å². The number of hydrogen-bond acceptors (Lipinski definition) is 8. The third-order valence-corrected chi connectivity index (χ3v) is 7.57. The fourth-order valence-corrected chi connectivity index (χ4v) is 5.31. The van der Waals surface area contributed by atoms with Crippen molar-refractivity contribution in [2.24, 2.45) is 0 Å². The number of rotatable bonds is 7. The van der Waals surface area contributed by atoms with E-state index < -0.39 is 72.6 Å². The van der Waals surface area contributed by atoms with Crippen molar-refractivity contribution in [2.45, 2.75) is 55.4 Å². The lowest BCUT2D eigenvalue weighted by atomic mass is 9.85. The van der Waals surface area contributed by atoms with Crippen LogP contribution in [0.4, 0.5) is 18.9 Å². The van der Waals surface area contributed by atoms with Crippen molar-refractivity contribution in [3.05, 3.63) is 65.1 Å². The minimum Gasteiger partial charge on any atom is -0.394 e. The van der Waals surface area contributed by atoms with Gasteiger partial charge in [-0.3, -0.25) is 4.79 Å². The number of hydrogen-bond donors (Lipinski definition) is 3. The second kappa shape index (κ2) is 11.4. The first kappa shape index (κ1) is 28.5. The van der Waals surface area contributed by atoms with Crippen LogP contribution in [-0.4, -0.2) is 86.5 Å². The highest BCUT2D eigenvalue weighted by atomic mass is 35.5. The van der Waals surface area contributed by atoms with Crippen molar-refractivity contribution in [3.8, 4) is 11.3 Å². The average Bonchev–Trinajstić information content (AvgIpc) is 3.42. The molecular weight excluding hydrogens is 557 g/mol. The number of benzene rings is 2. The molecule has 14 heteroatoms. The number of methoxy groups -OCH3 is 1. The molecular formula is C26H26ClF3N4O6. The molecule has 2 fully saturated rings. The zero-order valence-electron chi connectivity index (χ0n) is 21.1. The quantitative estimate of drug-likeness (QED) is 0.362. The van der Waals surface area contributed by atoms with Crippen molar-refractivity contribution in [1.82, 2.24) is 15.0 Å². The zero-order chi connectivity index (χ0) is 28.7. The van der Waals surface area contributed by atoms with Crippen LogP contribution in [0.2, 0.25) is 5.02 Å². The van der Waals surface area contributed by atoms with E-state index in [4.69, 9.17) is 21.1 Å². The predicted molar refractivity (Wildman–Crippen MR) is 135 cm³/mol. The maximum absolute atomic E-state index is 14.1. The number of aliphatic hydroxyl groups is 3. The Labute approximate surface area is 231 Å². The summed E-state index contributed by atoms with van der Waals surface area (Å²) in [6, 6.07) is 6.26. The standard InChI is InChI=1S/C26H26ClF3N4O6/c1-39-24-22(33-10-17(31-32-33)12-7-15(28)21(30)16(29)8-12)23(37)20(11-35)40-25(24)26(38)34(18-5-6-19(18)36)14-4-2-3-13(27)9-14/h2-4,7-10,18-20,22-25,35-37H,5-6,11H2,1H3/t18-,19-,20-,22+,23+,24-,25-/m1/s1. The molecule has 1 aliphatic heterocycles. The molecule has 0 spiro atoms.